The van der Waals surface area contributed by atoms with Crippen molar-refractivity contribution in [2.24, 2.45) is 0 Å². The largest absolute Gasteiger partial charge is 0.497 e. The summed E-state index contributed by atoms with van der Waals surface area (Å²) in [5, 5.41) is 17.7. The first-order valence-corrected chi connectivity index (χ1v) is 25.2. The van der Waals surface area contributed by atoms with Crippen molar-refractivity contribution in [2.45, 2.75) is 75.4 Å². The molecule has 0 spiro atoms. The van der Waals surface area contributed by atoms with Crippen molar-refractivity contribution in [3.63, 3.8) is 0 Å². The van der Waals surface area contributed by atoms with E-state index >= 15 is 0 Å². The Morgan fingerprint density at radius 2 is 0.788 bits per heavy atom. The second-order valence-corrected chi connectivity index (χ2v) is 20.5. The van der Waals surface area contributed by atoms with Gasteiger partial charge < -0.3 is 24.1 Å². The normalized spacial score (nSPS) is 12.9. The molecular weight excluding hydrogens is 913 g/mol. The van der Waals surface area contributed by atoms with Crippen molar-refractivity contribution in [1.29, 1.82) is 0 Å². The fourth-order valence-electron chi connectivity index (χ4n) is 6.48. The Morgan fingerprint density at radius 1 is 0.500 bits per heavy atom. The zero-order valence-electron chi connectivity index (χ0n) is 37.8. The summed E-state index contributed by atoms with van der Waals surface area (Å²) < 4.78 is 108. The molecule has 18 nitrogen and oxygen atoms in total. The molecule has 356 valence electrons. The van der Waals surface area contributed by atoms with Crippen molar-refractivity contribution in [3.8, 4) is 23.0 Å². The summed E-state index contributed by atoms with van der Waals surface area (Å²) in [6, 6.07) is 31.7. The predicted molar refractivity (Wildman–Crippen MR) is 246 cm³/mol. The smallest absolute Gasteiger partial charge is 0.264 e. The molecule has 0 aliphatic carbocycles. The molecular formula is C45H56N6O12S3. The van der Waals surface area contributed by atoms with Crippen molar-refractivity contribution >= 4 is 30.2 Å². The van der Waals surface area contributed by atoms with E-state index in [0.29, 0.717) is 23.0 Å². The van der Waals surface area contributed by atoms with Gasteiger partial charge in [0.15, 0.2) is 10.1 Å². The third-order valence-corrected chi connectivity index (χ3v) is 13.8. The van der Waals surface area contributed by atoms with Crippen LogP contribution in [0.5, 0.6) is 23.0 Å². The van der Waals surface area contributed by atoms with Crippen LogP contribution >= 0.6 is 0 Å². The summed E-state index contributed by atoms with van der Waals surface area (Å²) in [5.74, 6) is 2.74. The van der Waals surface area contributed by atoms with E-state index in [4.69, 9.17) is 23.1 Å². The van der Waals surface area contributed by atoms with Crippen LogP contribution in [-0.4, -0.2) is 105 Å². The molecule has 0 aliphatic heterocycles. The Kier molecular flexibility index (Phi) is 17.9. The van der Waals surface area contributed by atoms with Crippen molar-refractivity contribution in [1.82, 2.24) is 28.2 Å². The zero-order valence-corrected chi connectivity index (χ0v) is 40.2. The number of aliphatic hydroxyl groups is 1. The van der Waals surface area contributed by atoms with Gasteiger partial charge in [0.25, 0.3) is 30.2 Å². The minimum atomic E-state index is -4.00. The lowest BCUT2D eigenvalue weighted by atomic mass is 10.2. The van der Waals surface area contributed by atoms with Crippen LogP contribution in [0.1, 0.15) is 36.1 Å². The van der Waals surface area contributed by atoms with Crippen LogP contribution in [0, 0.1) is 0 Å². The molecule has 2 aromatic heterocycles. The second-order valence-electron chi connectivity index (χ2n) is 15.2. The van der Waals surface area contributed by atoms with E-state index in [1.807, 2.05) is 24.3 Å². The van der Waals surface area contributed by atoms with Crippen molar-refractivity contribution < 1.29 is 53.5 Å². The number of hydrogen-bond donors (Lipinski definition) is 1. The predicted octanol–water partition coefficient (Wildman–Crippen LogP) is 5.33. The van der Waals surface area contributed by atoms with Gasteiger partial charge in [0, 0.05) is 38.6 Å². The molecule has 0 amide bonds. The lowest BCUT2D eigenvalue weighted by molar-refractivity contribution is 0.168. The first-order valence-electron chi connectivity index (χ1n) is 20.5. The Balaban J connectivity index is 0.000000249. The summed E-state index contributed by atoms with van der Waals surface area (Å²) in [4.78, 5) is 0. The van der Waals surface area contributed by atoms with Crippen LogP contribution in [0.25, 0.3) is 0 Å². The molecule has 2 atom stereocenters. The first kappa shape index (κ1) is 51.2. The van der Waals surface area contributed by atoms with Gasteiger partial charge in [-0.3, -0.25) is 13.5 Å². The number of benzene rings is 4. The maximum atomic E-state index is 13.6. The van der Waals surface area contributed by atoms with Gasteiger partial charge in [-0.15, -0.1) is 0 Å². The van der Waals surface area contributed by atoms with Gasteiger partial charge in [-0.05, 0) is 96.8 Å². The molecule has 1 N–H and O–H groups in total. The number of rotatable bonds is 22. The average Bonchev–Trinajstić information content (AvgIpc) is 3.97. The molecule has 0 bridgehead atoms. The lowest BCUT2D eigenvalue weighted by Crippen LogP contribution is -2.31. The molecule has 2 heterocycles. The van der Waals surface area contributed by atoms with Gasteiger partial charge in [-0.25, -0.2) is 16.8 Å². The maximum Gasteiger partial charge on any atom is 0.264 e. The highest BCUT2D eigenvalue weighted by atomic mass is 32.2. The molecule has 0 fully saturated rings. The molecule has 0 unspecified atom stereocenters. The number of ether oxygens (including phenoxy) is 4. The molecule has 4 aromatic carbocycles. The Bertz CT molecular complexity index is 2680. The Hall–Kier alpha value is -5.81. The lowest BCUT2D eigenvalue weighted by Gasteiger charge is -2.22. The quantitative estimate of drug-likeness (QED) is 0.0854. The molecule has 66 heavy (non-hydrogen) atoms. The van der Waals surface area contributed by atoms with Gasteiger partial charge >= 0.3 is 0 Å². The van der Waals surface area contributed by atoms with E-state index in [0.717, 1.165) is 28.5 Å². The van der Waals surface area contributed by atoms with Gasteiger partial charge in [0.1, 0.15) is 23.0 Å². The van der Waals surface area contributed by atoms with E-state index in [9.17, 15) is 30.4 Å². The van der Waals surface area contributed by atoms with Crippen LogP contribution in [0.3, 0.4) is 0 Å². The van der Waals surface area contributed by atoms with Crippen LogP contribution < -0.4 is 18.9 Å². The number of nitrogens with zero attached hydrogens (tertiary/aromatic N) is 6. The Morgan fingerprint density at radius 3 is 1.05 bits per heavy atom. The highest BCUT2D eigenvalue weighted by Gasteiger charge is 2.29. The summed E-state index contributed by atoms with van der Waals surface area (Å²) in [5.41, 5.74) is 3.19. The van der Waals surface area contributed by atoms with Crippen LogP contribution in [-0.2, 0) is 73.6 Å². The zero-order chi connectivity index (χ0) is 48.1. The molecule has 6 rings (SSSR count). The number of sulfonamides is 2. The van der Waals surface area contributed by atoms with Crippen LogP contribution in [0.2, 0.25) is 0 Å². The van der Waals surface area contributed by atoms with E-state index < -0.39 is 42.4 Å². The van der Waals surface area contributed by atoms with E-state index in [1.54, 1.807) is 121 Å². The van der Waals surface area contributed by atoms with Gasteiger partial charge in [-0.1, -0.05) is 48.5 Å². The molecule has 0 aliphatic rings. The van der Waals surface area contributed by atoms with Crippen LogP contribution in [0.15, 0.2) is 132 Å². The van der Waals surface area contributed by atoms with Crippen molar-refractivity contribution in [3.05, 3.63) is 144 Å². The molecule has 6 aromatic rings. The molecule has 21 heteroatoms. The SMILES string of the molecule is COc1ccc(CN(Cc2ccc(OC)cc2)S(=O)(=O)c2ccn(C[C@@H](C)O)n2)cc1.COc1ccc(CN(Cc2ccc(OC)cc2)S(=O)(=O)c2ccn(C[C@@H](C)OS(C)(=O)=O)n2)cc1. The average molecular weight is 969 g/mol. The summed E-state index contributed by atoms with van der Waals surface area (Å²) in [6.45, 7) is 4.03. The standard InChI is InChI=1S/C23H29N3O7S2.C22H27N3O5S/c1-18(33-34(4,27)28)15-25-14-13-23(24-25)35(29,30)26(16-19-5-9-21(31-2)10-6-19)17-20-7-11-22(32-3)12-8-20;1-17(26)14-24-13-12-22(23-24)31(27,28)25(15-18-4-8-20(29-2)9-5-18)16-19-6-10-21(30-3)11-7-19/h5-14,18H,15-17H2,1-4H3;4-13,17,26H,14-16H2,1-3H3/t18-;17-/m11/s1. The topological polar surface area (TPSA) is 211 Å². The minimum Gasteiger partial charge on any atom is -0.497 e. The van der Waals surface area contributed by atoms with E-state index in [2.05, 4.69) is 10.2 Å². The van der Waals surface area contributed by atoms with Gasteiger partial charge in [0.2, 0.25) is 0 Å². The highest BCUT2D eigenvalue weighted by molar-refractivity contribution is 7.89. The fraction of sp³-hybridized carbons (Fsp3) is 0.333. The summed E-state index contributed by atoms with van der Waals surface area (Å²) in [7, 11) is -5.24. The molecule has 0 radical (unpaired) electrons. The van der Waals surface area contributed by atoms with Crippen LogP contribution in [0.4, 0.5) is 0 Å². The Labute approximate surface area is 387 Å². The fourth-order valence-corrected chi connectivity index (χ4v) is 9.83. The second kappa shape index (κ2) is 23.1. The van der Waals surface area contributed by atoms with E-state index in [-0.39, 0.29) is 49.3 Å². The number of methoxy groups -OCH3 is 4. The summed E-state index contributed by atoms with van der Waals surface area (Å²) >= 11 is 0. The number of aromatic nitrogens is 4. The third-order valence-electron chi connectivity index (χ3n) is 9.75. The monoisotopic (exact) mass is 968 g/mol. The van der Waals surface area contributed by atoms with E-state index in [1.165, 1.54) is 36.3 Å². The molecule has 0 saturated carbocycles. The highest BCUT2D eigenvalue weighted by Crippen LogP contribution is 2.25. The van der Waals surface area contributed by atoms with Gasteiger partial charge in [-0.2, -0.15) is 27.2 Å². The number of hydrogen-bond acceptors (Lipinski definition) is 14. The first-order chi connectivity index (χ1) is 31.3. The third kappa shape index (κ3) is 14.9. The number of aliphatic hydroxyl groups excluding tert-OH is 1. The molecule has 0 saturated heterocycles. The summed E-state index contributed by atoms with van der Waals surface area (Å²) in [6.07, 6.45) is 2.64. The van der Waals surface area contributed by atoms with Gasteiger partial charge in [0.05, 0.1) is 60.0 Å². The minimum absolute atomic E-state index is 0.0600. The van der Waals surface area contributed by atoms with Crippen molar-refractivity contribution in [2.75, 3.05) is 34.7 Å². The maximum absolute atomic E-state index is 13.6.